The molecular weight excluding hydrogens is 196 g/mol. The van der Waals surface area contributed by atoms with Gasteiger partial charge in [0, 0.05) is 0 Å². The van der Waals surface area contributed by atoms with Crippen molar-refractivity contribution in [1.29, 1.82) is 5.26 Å². The maximum atomic E-state index is 9.50. The molecule has 16 heavy (non-hydrogen) atoms. The molecule has 0 spiro atoms. The van der Waals surface area contributed by atoms with Gasteiger partial charge >= 0.3 is 0 Å². The summed E-state index contributed by atoms with van der Waals surface area (Å²) in [6.45, 7) is 3.04. The van der Waals surface area contributed by atoms with E-state index in [0.29, 0.717) is 0 Å². The van der Waals surface area contributed by atoms with E-state index < -0.39 is 5.54 Å². The first-order chi connectivity index (χ1) is 7.82. The normalized spacial score (nSPS) is 23.5. The lowest BCUT2D eigenvalue weighted by Gasteiger charge is -2.34. The second-order valence-electron chi connectivity index (χ2n) is 4.45. The summed E-state index contributed by atoms with van der Waals surface area (Å²) >= 11 is 0. The first-order valence-corrected chi connectivity index (χ1v) is 6.07. The Bertz CT molecular complexity index is 405. The fourth-order valence-electron chi connectivity index (χ4n) is 2.51. The third kappa shape index (κ3) is 1.83. The van der Waals surface area contributed by atoms with E-state index in [1.54, 1.807) is 0 Å². The summed E-state index contributed by atoms with van der Waals surface area (Å²) in [6.07, 6.45) is 4.20. The summed E-state index contributed by atoms with van der Waals surface area (Å²) in [5.74, 6) is 0. The summed E-state index contributed by atoms with van der Waals surface area (Å²) in [4.78, 5) is 0. The number of nitrogens with zero attached hydrogens (tertiary/aromatic N) is 1. The highest BCUT2D eigenvalue weighted by molar-refractivity contribution is 5.40. The fourth-order valence-corrected chi connectivity index (χ4v) is 2.51. The molecule has 2 rings (SSSR count). The summed E-state index contributed by atoms with van der Waals surface area (Å²) in [7, 11) is 0. The van der Waals surface area contributed by atoms with Crippen molar-refractivity contribution in [3.05, 3.63) is 35.4 Å². The fraction of sp³-hybridized carbons (Fsp3) is 0.500. The molecule has 0 bridgehead atoms. The summed E-state index contributed by atoms with van der Waals surface area (Å²) < 4.78 is 0. The van der Waals surface area contributed by atoms with Crippen LogP contribution in [-0.2, 0) is 12.0 Å². The topological polar surface area (TPSA) is 35.8 Å². The van der Waals surface area contributed by atoms with E-state index in [1.165, 1.54) is 11.1 Å². The number of rotatable bonds is 3. The molecule has 0 aromatic heterocycles. The Morgan fingerprint density at radius 2 is 2.25 bits per heavy atom. The van der Waals surface area contributed by atoms with Crippen molar-refractivity contribution in [2.24, 2.45) is 0 Å². The van der Waals surface area contributed by atoms with Crippen LogP contribution in [0.2, 0.25) is 0 Å². The van der Waals surface area contributed by atoms with Gasteiger partial charge in [0.05, 0.1) is 6.07 Å². The van der Waals surface area contributed by atoms with E-state index in [-0.39, 0.29) is 0 Å². The molecule has 0 saturated carbocycles. The van der Waals surface area contributed by atoms with Gasteiger partial charge in [-0.1, -0.05) is 31.2 Å². The zero-order chi connectivity index (χ0) is 11.4. The molecule has 0 radical (unpaired) electrons. The van der Waals surface area contributed by atoms with Gasteiger partial charge in [-0.05, 0) is 43.4 Å². The zero-order valence-corrected chi connectivity index (χ0v) is 9.79. The monoisotopic (exact) mass is 214 g/mol. The maximum absolute atomic E-state index is 9.50. The van der Waals surface area contributed by atoms with Gasteiger partial charge in [-0.15, -0.1) is 0 Å². The minimum atomic E-state index is -0.440. The first kappa shape index (κ1) is 11.2. The van der Waals surface area contributed by atoms with Gasteiger partial charge in [0.2, 0.25) is 0 Å². The van der Waals surface area contributed by atoms with Crippen molar-refractivity contribution in [3.63, 3.8) is 0 Å². The van der Waals surface area contributed by atoms with Crippen molar-refractivity contribution in [1.82, 2.24) is 5.32 Å². The van der Waals surface area contributed by atoms with E-state index in [4.69, 9.17) is 0 Å². The molecule has 1 aliphatic carbocycles. The SMILES string of the molecule is CCCNC1(C#N)CCCc2ccccc21. The highest BCUT2D eigenvalue weighted by Crippen LogP contribution is 2.34. The molecule has 0 amide bonds. The molecule has 1 N–H and O–H groups in total. The standard InChI is InChI=1S/C14H18N2/c1-2-10-16-14(11-15)9-5-7-12-6-3-4-8-13(12)14/h3-4,6,8,16H,2,5,7,9-10H2,1H3. The Hall–Kier alpha value is -1.33. The van der Waals surface area contributed by atoms with Crippen LogP contribution in [0.3, 0.4) is 0 Å². The average Bonchev–Trinajstić information content (AvgIpc) is 2.36. The number of hydrogen-bond donors (Lipinski definition) is 1. The van der Waals surface area contributed by atoms with Crippen LogP contribution in [0, 0.1) is 11.3 Å². The Morgan fingerprint density at radius 1 is 1.44 bits per heavy atom. The quantitative estimate of drug-likeness (QED) is 0.839. The third-order valence-corrected chi connectivity index (χ3v) is 3.34. The number of hydrogen-bond acceptors (Lipinski definition) is 2. The van der Waals surface area contributed by atoms with Crippen LogP contribution >= 0.6 is 0 Å². The lowest BCUT2D eigenvalue weighted by Crippen LogP contribution is -2.44. The van der Waals surface area contributed by atoms with Gasteiger partial charge in [-0.3, -0.25) is 5.32 Å². The Balaban J connectivity index is 2.38. The lowest BCUT2D eigenvalue weighted by molar-refractivity contribution is 0.367. The lowest BCUT2D eigenvalue weighted by atomic mass is 9.77. The smallest absolute Gasteiger partial charge is 0.132 e. The number of fused-ring (bicyclic) bond motifs is 1. The molecule has 1 aliphatic rings. The van der Waals surface area contributed by atoms with Crippen LogP contribution in [0.15, 0.2) is 24.3 Å². The molecule has 0 saturated heterocycles. The van der Waals surface area contributed by atoms with Crippen molar-refractivity contribution >= 4 is 0 Å². The van der Waals surface area contributed by atoms with E-state index in [2.05, 4.69) is 36.5 Å². The van der Waals surface area contributed by atoms with Crippen LogP contribution in [0.25, 0.3) is 0 Å². The Kier molecular flexibility index (Phi) is 3.26. The van der Waals surface area contributed by atoms with Gasteiger partial charge in [-0.25, -0.2) is 0 Å². The number of aryl methyl sites for hydroxylation is 1. The van der Waals surface area contributed by atoms with E-state index in [9.17, 15) is 5.26 Å². The van der Waals surface area contributed by atoms with Crippen LogP contribution in [0.1, 0.15) is 37.3 Å². The van der Waals surface area contributed by atoms with Gasteiger partial charge in [0.1, 0.15) is 5.54 Å². The molecule has 1 unspecified atom stereocenters. The second-order valence-corrected chi connectivity index (χ2v) is 4.45. The van der Waals surface area contributed by atoms with E-state index >= 15 is 0 Å². The third-order valence-electron chi connectivity index (χ3n) is 3.34. The molecule has 2 heteroatoms. The van der Waals surface area contributed by atoms with Crippen molar-refractivity contribution in [3.8, 4) is 6.07 Å². The van der Waals surface area contributed by atoms with Crippen molar-refractivity contribution in [2.75, 3.05) is 6.54 Å². The van der Waals surface area contributed by atoms with Gasteiger partial charge in [0.25, 0.3) is 0 Å². The molecule has 0 heterocycles. The first-order valence-electron chi connectivity index (χ1n) is 6.07. The molecular formula is C14H18N2. The summed E-state index contributed by atoms with van der Waals surface area (Å²) in [5.41, 5.74) is 2.08. The largest absolute Gasteiger partial charge is 0.296 e. The molecule has 84 valence electrons. The van der Waals surface area contributed by atoms with Gasteiger partial charge < -0.3 is 0 Å². The Morgan fingerprint density at radius 3 is 3.00 bits per heavy atom. The number of nitriles is 1. The Labute approximate surface area is 97.3 Å². The van der Waals surface area contributed by atoms with Crippen LogP contribution in [0.4, 0.5) is 0 Å². The molecule has 0 aliphatic heterocycles. The van der Waals surface area contributed by atoms with Crippen molar-refractivity contribution in [2.45, 2.75) is 38.1 Å². The highest BCUT2D eigenvalue weighted by Gasteiger charge is 2.35. The number of nitrogens with one attached hydrogen (secondary N) is 1. The highest BCUT2D eigenvalue weighted by atomic mass is 15.0. The minimum absolute atomic E-state index is 0.440. The predicted molar refractivity (Wildman–Crippen MR) is 65.0 cm³/mol. The predicted octanol–water partition coefficient (Wildman–Crippen LogP) is 2.74. The van der Waals surface area contributed by atoms with Crippen LogP contribution in [-0.4, -0.2) is 6.54 Å². The molecule has 2 nitrogen and oxygen atoms in total. The molecule has 1 aromatic rings. The number of benzene rings is 1. The molecule has 1 aromatic carbocycles. The maximum Gasteiger partial charge on any atom is 0.132 e. The zero-order valence-electron chi connectivity index (χ0n) is 9.79. The van der Waals surface area contributed by atoms with Gasteiger partial charge in [-0.2, -0.15) is 5.26 Å². The summed E-state index contributed by atoms with van der Waals surface area (Å²) in [6, 6.07) is 10.8. The minimum Gasteiger partial charge on any atom is -0.296 e. The van der Waals surface area contributed by atoms with Crippen molar-refractivity contribution < 1.29 is 0 Å². The molecule has 1 atom stereocenters. The van der Waals surface area contributed by atoms with Gasteiger partial charge in [0.15, 0.2) is 0 Å². The van der Waals surface area contributed by atoms with E-state index in [1.807, 2.05) is 6.07 Å². The second kappa shape index (κ2) is 4.67. The van der Waals surface area contributed by atoms with E-state index in [0.717, 1.165) is 32.2 Å². The van der Waals surface area contributed by atoms with Crippen LogP contribution in [0.5, 0.6) is 0 Å². The average molecular weight is 214 g/mol. The summed E-state index contributed by atoms with van der Waals surface area (Å²) in [5, 5.41) is 12.9. The van der Waals surface area contributed by atoms with Crippen LogP contribution < -0.4 is 5.32 Å². The molecule has 0 fully saturated rings.